The molecule has 3 heterocycles. The van der Waals surface area contributed by atoms with Gasteiger partial charge in [-0.15, -0.1) is 5.10 Å². The first-order valence-corrected chi connectivity index (χ1v) is 9.57. The number of hydrogen-bond acceptors (Lipinski definition) is 7. The van der Waals surface area contributed by atoms with Crippen molar-refractivity contribution in [1.82, 2.24) is 34.9 Å². The third-order valence-corrected chi connectivity index (χ3v) is 4.84. The minimum Gasteiger partial charge on any atom is -0.314 e. The van der Waals surface area contributed by atoms with E-state index in [-0.39, 0.29) is 5.82 Å². The van der Waals surface area contributed by atoms with Gasteiger partial charge in [0.2, 0.25) is 5.95 Å². The van der Waals surface area contributed by atoms with E-state index in [2.05, 4.69) is 30.2 Å². The summed E-state index contributed by atoms with van der Waals surface area (Å²) in [5.74, 6) is 0.816. The van der Waals surface area contributed by atoms with Gasteiger partial charge in [-0.2, -0.15) is 9.67 Å². The second-order valence-electron chi connectivity index (χ2n) is 6.96. The maximum absolute atomic E-state index is 13.7. The molecule has 9 heteroatoms. The largest absolute Gasteiger partial charge is 0.314 e. The van der Waals surface area contributed by atoms with E-state index in [1.165, 1.54) is 16.8 Å². The summed E-state index contributed by atoms with van der Waals surface area (Å²) in [5.41, 5.74) is 4.24. The van der Waals surface area contributed by atoms with Crippen molar-refractivity contribution in [3.05, 3.63) is 78.6 Å². The number of hydrogen-bond donors (Lipinski definition) is 0. The summed E-state index contributed by atoms with van der Waals surface area (Å²) in [4.78, 5) is 19.6. The zero-order chi connectivity index (χ0) is 21.4. The van der Waals surface area contributed by atoms with Crippen molar-refractivity contribution >= 4 is 22.8 Å². The van der Waals surface area contributed by atoms with Gasteiger partial charge in [-0.25, -0.2) is 19.3 Å². The Kier molecular flexibility index (Phi) is 4.55. The SMILES string of the molecule is Cc1nccc(-c2cccc(N(C)c3ncc4nnn(-c5cccc(F)c5)c4n3)c2)n1. The predicted octanol–water partition coefficient (Wildman–Crippen LogP) is 3.88. The van der Waals surface area contributed by atoms with Gasteiger partial charge in [-0.05, 0) is 43.3 Å². The molecule has 0 radical (unpaired) electrons. The molecule has 0 unspecified atom stereocenters. The molecule has 0 N–H and O–H groups in total. The van der Waals surface area contributed by atoms with E-state index >= 15 is 0 Å². The standard InChI is InChI=1S/C22H17FN8/c1-14-24-10-9-19(26-14)15-5-3-7-17(11-15)30(2)22-25-13-20-21(27-22)31(29-28-20)18-8-4-6-16(23)12-18/h3-13H,1-2H3. The van der Waals surface area contributed by atoms with Crippen LogP contribution in [0.25, 0.3) is 28.1 Å². The fraction of sp³-hybridized carbons (Fsp3) is 0.0909. The minimum atomic E-state index is -0.357. The molecule has 3 aromatic heterocycles. The zero-order valence-electron chi connectivity index (χ0n) is 16.8. The van der Waals surface area contributed by atoms with Crippen LogP contribution in [-0.4, -0.2) is 42.0 Å². The Bertz CT molecular complexity index is 1400. The third kappa shape index (κ3) is 3.57. The molecule has 0 atom stereocenters. The van der Waals surface area contributed by atoms with Crippen LogP contribution in [0, 0.1) is 12.7 Å². The average Bonchev–Trinajstić information content (AvgIpc) is 3.22. The van der Waals surface area contributed by atoms with Crippen LogP contribution in [0.4, 0.5) is 16.0 Å². The highest BCUT2D eigenvalue weighted by Gasteiger charge is 2.14. The van der Waals surface area contributed by atoms with E-state index in [1.54, 1.807) is 24.5 Å². The van der Waals surface area contributed by atoms with Crippen molar-refractivity contribution in [3.8, 4) is 16.9 Å². The summed E-state index contributed by atoms with van der Waals surface area (Å²) in [7, 11) is 1.88. The van der Waals surface area contributed by atoms with Crippen molar-refractivity contribution in [3.63, 3.8) is 0 Å². The summed E-state index contributed by atoms with van der Waals surface area (Å²) in [6.45, 7) is 1.86. The zero-order valence-corrected chi connectivity index (χ0v) is 16.8. The summed E-state index contributed by atoms with van der Waals surface area (Å²) >= 11 is 0. The van der Waals surface area contributed by atoms with Crippen molar-refractivity contribution in [1.29, 1.82) is 0 Å². The molecule has 5 aromatic rings. The first-order valence-electron chi connectivity index (χ1n) is 9.57. The topological polar surface area (TPSA) is 85.5 Å². The Morgan fingerprint density at radius 1 is 0.968 bits per heavy atom. The lowest BCUT2D eigenvalue weighted by Crippen LogP contribution is -2.13. The first-order chi connectivity index (χ1) is 15.1. The van der Waals surface area contributed by atoms with Crippen LogP contribution in [0.1, 0.15) is 5.82 Å². The van der Waals surface area contributed by atoms with Gasteiger partial charge >= 0.3 is 0 Å². The molecule has 0 aliphatic rings. The van der Waals surface area contributed by atoms with Gasteiger partial charge < -0.3 is 4.90 Å². The lowest BCUT2D eigenvalue weighted by Gasteiger charge is -2.18. The Hall–Kier alpha value is -4.27. The Balaban J connectivity index is 1.54. The van der Waals surface area contributed by atoms with Crippen LogP contribution in [0.5, 0.6) is 0 Å². The molecular formula is C22H17FN8. The molecule has 0 amide bonds. The highest BCUT2D eigenvalue weighted by molar-refractivity contribution is 5.74. The molecule has 31 heavy (non-hydrogen) atoms. The maximum atomic E-state index is 13.7. The van der Waals surface area contributed by atoms with E-state index in [0.717, 1.165) is 16.9 Å². The molecule has 0 aliphatic heterocycles. The smallest absolute Gasteiger partial charge is 0.231 e. The van der Waals surface area contributed by atoms with Crippen LogP contribution in [-0.2, 0) is 0 Å². The molecule has 8 nitrogen and oxygen atoms in total. The molecule has 0 aliphatic carbocycles. The van der Waals surface area contributed by atoms with Gasteiger partial charge in [0.25, 0.3) is 0 Å². The molecule has 0 bridgehead atoms. The first kappa shape index (κ1) is 18.7. The van der Waals surface area contributed by atoms with E-state index in [4.69, 9.17) is 0 Å². The Labute approximate surface area is 177 Å². The van der Waals surface area contributed by atoms with Crippen LogP contribution in [0.15, 0.2) is 67.0 Å². The third-order valence-electron chi connectivity index (χ3n) is 4.84. The van der Waals surface area contributed by atoms with Gasteiger partial charge in [0, 0.05) is 24.5 Å². The van der Waals surface area contributed by atoms with E-state index in [0.29, 0.717) is 28.6 Å². The molecule has 0 spiro atoms. The number of nitrogens with zero attached hydrogens (tertiary/aromatic N) is 8. The van der Waals surface area contributed by atoms with Gasteiger partial charge in [0.15, 0.2) is 11.2 Å². The summed E-state index contributed by atoms with van der Waals surface area (Å²) in [6.07, 6.45) is 3.35. The van der Waals surface area contributed by atoms with Crippen LogP contribution in [0.3, 0.4) is 0 Å². The number of rotatable bonds is 4. The van der Waals surface area contributed by atoms with Crippen molar-refractivity contribution in [2.24, 2.45) is 0 Å². The fourth-order valence-electron chi connectivity index (χ4n) is 3.27. The molecular weight excluding hydrogens is 395 g/mol. The van der Waals surface area contributed by atoms with E-state index < -0.39 is 0 Å². The normalized spacial score (nSPS) is 11.1. The predicted molar refractivity (Wildman–Crippen MR) is 115 cm³/mol. The van der Waals surface area contributed by atoms with Crippen molar-refractivity contribution in [2.45, 2.75) is 6.92 Å². The van der Waals surface area contributed by atoms with Gasteiger partial charge in [0.1, 0.15) is 11.6 Å². The van der Waals surface area contributed by atoms with Crippen molar-refractivity contribution < 1.29 is 4.39 Å². The molecule has 152 valence electrons. The van der Waals surface area contributed by atoms with E-state index in [9.17, 15) is 4.39 Å². The second-order valence-corrected chi connectivity index (χ2v) is 6.96. The van der Waals surface area contributed by atoms with Gasteiger partial charge in [-0.1, -0.05) is 23.4 Å². The second kappa shape index (κ2) is 7.52. The van der Waals surface area contributed by atoms with Gasteiger partial charge in [-0.3, -0.25) is 0 Å². The average molecular weight is 412 g/mol. The fourth-order valence-corrected chi connectivity index (χ4v) is 3.27. The summed E-state index contributed by atoms with van der Waals surface area (Å²) in [6, 6.07) is 15.9. The molecule has 2 aromatic carbocycles. The summed E-state index contributed by atoms with van der Waals surface area (Å²) in [5, 5.41) is 8.20. The lowest BCUT2D eigenvalue weighted by molar-refractivity contribution is 0.625. The van der Waals surface area contributed by atoms with Crippen molar-refractivity contribution in [2.75, 3.05) is 11.9 Å². The summed E-state index contributed by atoms with van der Waals surface area (Å²) < 4.78 is 15.2. The van der Waals surface area contributed by atoms with Crippen LogP contribution < -0.4 is 4.90 Å². The van der Waals surface area contributed by atoms with Crippen LogP contribution >= 0.6 is 0 Å². The minimum absolute atomic E-state index is 0.357. The monoisotopic (exact) mass is 412 g/mol. The molecule has 0 saturated heterocycles. The highest BCUT2D eigenvalue weighted by Crippen LogP contribution is 2.27. The quantitative estimate of drug-likeness (QED) is 0.443. The number of halogens is 1. The number of aryl methyl sites for hydroxylation is 1. The number of aromatic nitrogens is 7. The molecule has 5 rings (SSSR count). The van der Waals surface area contributed by atoms with E-state index in [1.807, 2.05) is 49.2 Å². The highest BCUT2D eigenvalue weighted by atomic mass is 19.1. The number of fused-ring (bicyclic) bond motifs is 1. The number of anilines is 2. The molecule has 0 fully saturated rings. The molecule has 0 saturated carbocycles. The Morgan fingerprint density at radius 3 is 2.68 bits per heavy atom. The maximum Gasteiger partial charge on any atom is 0.231 e. The number of benzene rings is 2. The lowest BCUT2D eigenvalue weighted by atomic mass is 10.1. The Morgan fingerprint density at radius 2 is 1.84 bits per heavy atom. The van der Waals surface area contributed by atoms with Gasteiger partial charge in [0.05, 0.1) is 17.6 Å². The van der Waals surface area contributed by atoms with Crippen LogP contribution in [0.2, 0.25) is 0 Å².